The predicted molar refractivity (Wildman–Crippen MR) is 112 cm³/mol. The summed E-state index contributed by atoms with van der Waals surface area (Å²) in [6, 6.07) is 23.3. The Balaban J connectivity index is 1.66. The number of amides is 1. The van der Waals surface area contributed by atoms with Crippen LogP contribution in [0.3, 0.4) is 0 Å². The van der Waals surface area contributed by atoms with Gasteiger partial charge in [0.05, 0.1) is 15.8 Å². The number of carbonyl (C=O) groups excluding carboxylic acids is 1. The Morgan fingerprint density at radius 3 is 2.23 bits per heavy atom. The monoisotopic (exact) mass is 401 g/mol. The summed E-state index contributed by atoms with van der Waals surface area (Å²) in [4.78, 5) is 13.1. The first-order chi connectivity index (χ1) is 12.6. The second-order valence-electron chi connectivity index (χ2n) is 5.71. The first kappa shape index (κ1) is 18.8. The summed E-state index contributed by atoms with van der Waals surface area (Å²) in [6.45, 7) is 0. The van der Waals surface area contributed by atoms with Crippen molar-refractivity contribution in [2.75, 3.05) is 11.1 Å². The van der Waals surface area contributed by atoms with Crippen molar-refractivity contribution in [2.45, 2.75) is 11.3 Å². The molecule has 3 rings (SSSR count). The SMILES string of the molecule is O=C(CSc1c(Cl)cccc1Cl)Nc1ccccc1Cc1ccccc1. The molecule has 0 bridgehead atoms. The Bertz CT molecular complexity index is 879. The Hall–Kier alpha value is -1.94. The lowest BCUT2D eigenvalue weighted by Crippen LogP contribution is -2.15. The van der Waals surface area contributed by atoms with Crippen molar-refractivity contribution in [3.8, 4) is 0 Å². The van der Waals surface area contributed by atoms with Crippen molar-refractivity contribution in [3.05, 3.63) is 94.0 Å². The van der Waals surface area contributed by atoms with Crippen LogP contribution in [0.2, 0.25) is 10.0 Å². The minimum atomic E-state index is -0.0912. The molecule has 0 fully saturated rings. The number of hydrogen-bond acceptors (Lipinski definition) is 2. The molecule has 3 aromatic carbocycles. The number of thioether (sulfide) groups is 1. The molecule has 5 heteroatoms. The van der Waals surface area contributed by atoms with E-state index in [-0.39, 0.29) is 11.7 Å². The van der Waals surface area contributed by atoms with Gasteiger partial charge in [-0.15, -0.1) is 11.8 Å². The number of rotatable bonds is 6. The third-order valence-electron chi connectivity index (χ3n) is 3.80. The number of carbonyl (C=O) groups is 1. The summed E-state index contributed by atoms with van der Waals surface area (Å²) in [7, 11) is 0. The molecule has 0 radical (unpaired) electrons. The van der Waals surface area contributed by atoms with Crippen LogP contribution < -0.4 is 5.32 Å². The third-order valence-corrected chi connectivity index (χ3v) is 5.78. The molecule has 26 heavy (non-hydrogen) atoms. The summed E-state index contributed by atoms with van der Waals surface area (Å²) in [5.41, 5.74) is 3.10. The topological polar surface area (TPSA) is 29.1 Å². The van der Waals surface area contributed by atoms with E-state index < -0.39 is 0 Å². The van der Waals surface area contributed by atoms with Crippen LogP contribution in [0.25, 0.3) is 0 Å². The highest BCUT2D eigenvalue weighted by molar-refractivity contribution is 8.00. The zero-order chi connectivity index (χ0) is 18.4. The molecule has 0 aliphatic carbocycles. The maximum absolute atomic E-state index is 12.4. The zero-order valence-corrected chi connectivity index (χ0v) is 16.2. The highest BCUT2D eigenvalue weighted by atomic mass is 35.5. The molecular weight excluding hydrogens is 385 g/mol. The number of anilines is 1. The van der Waals surface area contributed by atoms with Gasteiger partial charge in [-0.3, -0.25) is 4.79 Å². The van der Waals surface area contributed by atoms with Crippen molar-refractivity contribution in [3.63, 3.8) is 0 Å². The van der Waals surface area contributed by atoms with Gasteiger partial charge in [-0.2, -0.15) is 0 Å². The van der Waals surface area contributed by atoms with Gasteiger partial charge in [0.2, 0.25) is 5.91 Å². The van der Waals surface area contributed by atoms with Gasteiger partial charge >= 0.3 is 0 Å². The van der Waals surface area contributed by atoms with Crippen molar-refractivity contribution >= 4 is 46.6 Å². The quantitative estimate of drug-likeness (QED) is 0.489. The minimum absolute atomic E-state index is 0.0912. The lowest BCUT2D eigenvalue weighted by atomic mass is 10.0. The van der Waals surface area contributed by atoms with Crippen LogP contribution in [0.15, 0.2) is 77.7 Å². The van der Waals surface area contributed by atoms with Crippen molar-refractivity contribution in [2.24, 2.45) is 0 Å². The van der Waals surface area contributed by atoms with E-state index in [0.717, 1.165) is 22.6 Å². The Morgan fingerprint density at radius 1 is 0.846 bits per heavy atom. The molecule has 0 spiro atoms. The van der Waals surface area contributed by atoms with Gasteiger partial charge in [0.15, 0.2) is 0 Å². The Morgan fingerprint density at radius 2 is 1.50 bits per heavy atom. The van der Waals surface area contributed by atoms with E-state index >= 15 is 0 Å². The maximum Gasteiger partial charge on any atom is 0.234 e. The molecule has 132 valence electrons. The average molecular weight is 402 g/mol. The fraction of sp³-hybridized carbons (Fsp3) is 0.0952. The van der Waals surface area contributed by atoms with E-state index in [1.54, 1.807) is 18.2 Å². The van der Waals surface area contributed by atoms with Crippen molar-refractivity contribution in [1.29, 1.82) is 0 Å². The molecule has 0 aliphatic rings. The molecule has 0 aliphatic heterocycles. The van der Waals surface area contributed by atoms with Crippen molar-refractivity contribution < 1.29 is 4.79 Å². The second-order valence-corrected chi connectivity index (χ2v) is 7.51. The van der Waals surface area contributed by atoms with Gasteiger partial charge in [0.1, 0.15) is 0 Å². The number of benzene rings is 3. The van der Waals surface area contributed by atoms with Gasteiger partial charge in [0, 0.05) is 10.6 Å². The van der Waals surface area contributed by atoms with E-state index in [4.69, 9.17) is 23.2 Å². The largest absolute Gasteiger partial charge is 0.325 e. The summed E-state index contributed by atoms with van der Waals surface area (Å²) in [5.74, 6) is 0.148. The molecule has 3 aromatic rings. The molecule has 0 atom stereocenters. The number of nitrogens with one attached hydrogen (secondary N) is 1. The standard InChI is InChI=1S/C21H17Cl2NOS/c22-17-10-6-11-18(23)21(17)26-14-20(25)24-19-12-5-4-9-16(19)13-15-7-2-1-3-8-15/h1-12H,13-14H2,(H,24,25). The van der Waals surface area contributed by atoms with E-state index in [2.05, 4.69) is 17.4 Å². The molecule has 1 amide bonds. The molecule has 2 nitrogen and oxygen atoms in total. The first-order valence-corrected chi connectivity index (χ1v) is 9.86. The van der Waals surface area contributed by atoms with E-state index in [0.29, 0.717) is 10.0 Å². The fourth-order valence-corrected chi connectivity index (χ4v) is 4.04. The van der Waals surface area contributed by atoms with Gasteiger partial charge < -0.3 is 5.32 Å². The maximum atomic E-state index is 12.4. The number of halogens is 2. The predicted octanol–water partition coefficient (Wildman–Crippen LogP) is 6.32. The average Bonchev–Trinajstić information content (AvgIpc) is 2.64. The molecule has 0 saturated heterocycles. The summed E-state index contributed by atoms with van der Waals surface area (Å²) in [5, 5.41) is 4.10. The van der Waals surface area contributed by atoms with Gasteiger partial charge in [-0.05, 0) is 35.7 Å². The number of hydrogen-bond donors (Lipinski definition) is 1. The van der Waals surface area contributed by atoms with E-state index in [1.165, 1.54) is 17.3 Å². The van der Waals surface area contributed by atoms with Crippen LogP contribution >= 0.6 is 35.0 Å². The third kappa shape index (κ3) is 5.04. The van der Waals surface area contributed by atoms with Crippen LogP contribution in [-0.2, 0) is 11.2 Å². The summed E-state index contributed by atoms with van der Waals surface area (Å²) >= 11 is 13.6. The molecule has 0 heterocycles. The Labute approximate surface area is 167 Å². The summed E-state index contributed by atoms with van der Waals surface area (Å²) in [6.07, 6.45) is 0.765. The fourth-order valence-electron chi connectivity index (χ4n) is 2.56. The number of para-hydroxylation sites is 1. The molecule has 0 unspecified atom stereocenters. The van der Waals surface area contributed by atoms with Crippen LogP contribution in [0.5, 0.6) is 0 Å². The lowest BCUT2D eigenvalue weighted by molar-refractivity contribution is -0.113. The van der Waals surface area contributed by atoms with Crippen LogP contribution in [0.1, 0.15) is 11.1 Å². The van der Waals surface area contributed by atoms with Gasteiger partial charge in [0.25, 0.3) is 0 Å². The second kappa shape index (κ2) is 9.13. The van der Waals surface area contributed by atoms with Crippen LogP contribution in [-0.4, -0.2) is 11.7 Å². The van der Waals surface area contributed by atoms with Gasteiger partial charge in [-0.1, -0.05) is 77.8 Å². The smallest absolute Gasteiger partial charge is 0.234 e. The van der Waals surface area contributed by atoms with Gasteiger partial charge in [-0.25, -0.2) is 0 Å². The Kier molecular flexibility index (Phi) is 6.62. The molecule has 0 saturated carbocycles. The van der Waals surface area contributed by atoms with E-state index in [9.17, 15) is 4.79 Å². The van der Waals surface area contributed by atoms with Crippen LogP contribution in [0.4, 0.5) is 5.69 Å². The minimum Gasteiger partial charge on any atom is -0.325 e. The zero-order valence-electron chi connectivity index (χ0n) is 13.9. The molecule has 0 aromatic heterocycles. The molecule has 1 N–H and O–H groups in total. The highest BCUT2D eigenvalue weighted by Gasteiger charge is 2.11. The van der Waals surface area contributed by atoms with E-state index in [1.807, 2.05) is 42.5 Å². The normalized spacial score (nSPS) is 10.5. The lowest BCUT2D eigenvalue weighted by Gasteiger charge is -2.12. The molecular formula is C21H17Cl2NOS. The summed E-state index contributed by atoms with van der Waals surface area (Å²) < 4.78 is 0. The van der Waals surface area contributed by atoms with Crippen LogP contribution in [0, 0.1) is 0 Å². The van der Waals surface area contributed by atoms with Crippen molar-refractivity contribution in [1.82, 2.24) is 0 Å². The highest BCUT2D eigenvalue weighted by Crippen LogP contribution is 2.33. The first-order valence-electron chi connectivity index (χ1n) is 8.12.